The van der Waals surface area contributed by atoms with Crippen LogP contribution < -0.4 is 10.6 Å². The highest BCUT2D eigenvalue weighted by molar-refractivity contribution is 8.13. The Labute approximate surface area is 196 Å². The maximum absolute atomic E-state index is 12.5. The average molecular weight is 483 g/mol. The first-order valence-corrected chi connectivity index (χ1v) is 11.4. The highest BCUT2D eigenvalue weighted by atomic mass is 35.5. The van der Waals surface area contributed by atoms with E-state index < -0.39 is 12.0 Å². The molecule has 0 spiro atoms. The van der Waals surface area contributed by atoms with Gasteiger partial charge in [-0.25, -0.2) is 4.79 Å². The number of hydrogen-bond donors (Lipinski definition) is 2. The van der Waals surface area contributed by atoms with Gasteiger partial charge in [-0.3, -0.25) is 9.59 Å². The topological polar surface area (TPSA) is 84.5 Å². The average Bonchev–Trinajstić information content (AvgIpc) is 2.71. The standard InChI is InChI=1S/C22H24Cl2N2O4S/c1-3-30-22(29)19(25-14(2)27)11-12-31-20(28)13-15-7-4-5-10-18(15)26-21-16(23)8-6-9-17(21)24/h4-10,19,26H,3,11-13H2,1-2H3,(H,25,27). The van der Waals surface area contributed by atoms with E-state index in [4.69, 9.17) is 27.9 Å². The van der Waals surface area contributed by atoms with E-state index in [-0.39, 0.29) is 24.1 Å². The lowest BCUT2D eigenvalue weighted by Gasteiger charge is -2.16. The van der Waals surface area contributed by atoms with Crippen molar-refractivity contribution in [1.29, 1.82) is 0 Å². The summed E-state index contributed by atoms with van der Waals surface area (Å²) >= 11 is 13.6. The van der Waals surface area contributed by atoms with E-state index in [1.54, 1.807) is 25.1 Å². The summed E-state index contributed by atoms with van der Waals surface area (Å²) in [5.41, 5.74) is 2.10. The van der Waals surface area contributed by atoms with Crippen LogP contribution in [0.3, 0.4) is 0 Å². The van der Waals surface area contributed by atoms with Crippen LogP contribution >= 0.6 is 35.0 Å². The minimum absolute atomic E-state index is 0.0649. The van der Waals surface area contributed by atoms with Gasteiger partial charge >= 0.3 is 5.97 Å². The Balaban J connectivity index is 1.98. The molecule has 0 radical (unpaired) electrons. The summed E-state index contributed by atoms with van der Waals surface area (Å²) in [6, 6.07) is 11.8. The summed E-state index contributed by atoms with van der Waals surface area (Å²) in [5, 5.41) is 6.66. The van der Waals surface area contributed by atoms with Crippen molar-refractivity contribution < 1.29 is 19.1 Å². The molecule has 0 aliphatic rings. The fourth-order valence-electron chi connectivity index (χ4n) is 2.78. The largest absolute Gasteiger partial charge is 0.464 e. The molecule has 0 aliphatic carbocycles. The van der Waals surface area contributed by atoms with Crippen molar-refractivity contribution in [3.8, 4) is 0 Å². The second kappa shape index (κ2) is 12.6. The van der Waals surface area contributed by atoms with E-state index in [2.05, 4.69) is 10.6 Å². The molecule has 1 unspecified atom stereocenters. The lowest BCUT2D eigenvalue weighted by molar-refractivity contribution is -0.147. The third kappa shape index (κ3) is 8.09. The molecule has 2 rings (SSSR count). The number of nitrogens with one attached hydrogen (secondary N) is 2. The number of rotatable bonds is 10. The minimum Gasteiger partial charge on any atom is -0.464 e. The summed E-state index contributed by atoms with van der Waals surface area (Å²) < 4.78 is 4.97. The number of thioether (sulfide) groups is 1. The van der Waals surface area contributed by atoms with Crippen LogP contribution in [0.2, 0.25) is 10.0 Å². The lowest BCUT2D eigenvalue weighted by Crippen LogP contribution is -2.41. The molecule has 0 saturated carbocycles. The Bertz CT molecular complexity index is 919. The SMILES string of the molecule is CCOC(=O)C(CCSC(=O)Cc1ccccc1Nc1c(Cl)cccc1Cl)NC(C)=O. The first-order chi connectivity index (χ1) is 14.8. The number of amides is 1. The molecule has 31 heavy (non-hydrogen) atoms. The molecule has 1 amide bonds. The third-order valence-electron chi connectivity index (χ3n) is 4.19. The normalized spacial score (nSPS) is 11.5. The Kier molecular flexibility index (Phi) is 10.2. The van der Waals surface area contributed by atoms with E-state index >= 15 is 0 Å². The molecule has 0 bridgehead atoms. The molecule has 0 saturated heterocycles. The van der Waals surface area contributed by atoms with E-state index in [1.165, 1.54) is 6.92 Å². The number of para-hydroxylation sites is 2. The van der Waals surface area contributed by atoms with Crippen molar-refractivity contribution in [2.75, 3.05) is 17.7 Å². The van der Waals surface area contributed by atoms with Crippen LogP contribution in [0.25, 0.3) is 0 Å². The second-order valence-electron chi connectivity index (χ2n) is 6.57. The minimum atomic E-state index is -0.769. The van der Waals surface area contributed by atoms with Crippen LogP contribution in [0, 0.1) is 0 Å². The molecule has 6 nitrogen and oxygen atoms in total. The van der Waals surface area contributed by atoms with Gasteiger partial charge in [0.05, 0.1) is 22.3 Å². The van der Waals surface area contributed by atoms with Crippen LogP contribution in [-0.2, 0) is 25.5 Å². The van der Waals surface area contributed by atoms with Gasteiger partial charge in [0.25, 0.3) is 0 Å². The van der Waals surface area contributed by atoms with Gasteiger partial charge in [-0.1, -0.05) is 59.2 Å². The number of carbonyl (C=O) groups excluding carboxylic acids is 3. The molecule has 0 fully saturated rings. The highest BCUT2D eigenvalue weighted by Crippen LogP contribution is 2.33. The lowest BCUT2D eigenvalue weighted by atomic mass is 10.1. The number of ether oxygens (including phenoxy) is 1. The number of carbonyl (C=O) groups is 3. The molecule has 2 aromatic carbocycles. The summed E-state index contributed by atoms with van der Waals surface area (Å²) in [5.74, 6) is -0.460. The summed E-state index contributed by atoms with van der Waals surface area (Å²) in [6.07, 6.45) is 0.476. The zero-order chi connectivity index (χ0) is 22.8. The molecule has 9 heteroatoms. The number of benzene rings is 2. The second-order valence-corrected chi connectivity index (χ2v) is 8.54. The van der Waals surface area contributed by atoms with E-state index in [0.29, 0.717) is 27.9 Å². The number of hydrogen-bond acceptors (Lipinski definition) is 6. The number of anilines is 2. The Morgan fingerprint density at radius 3 is 2.39 bits per heavy atom. The summed E-state index contributed by atoms with van der Waals surface area (Å²) in [4.78, 5) is 35.8. The predicted molar refractivity (Wildman–Crippen MR) is 126 cm³/mol. The van der Waals surface area contributed by atoms with Crippen LogP contribution in [0.1, 0.15) is 25.8 Å². The third-order valence-corrected chi connectivity index (χ3v) is 5.73. The quantitative estimate of drug-likeness (QED) is 0.463. The first-order valence-electron chi connectivity index (χ1n) is 9.70. The molecular formula is C22H24Cl2N2O4S. The Morgan fingerprint density at radius 2 is 1.74 bits per heavy atom. The van der Waals surface area contributed by atoms with Gasteiger partial charge in [0, 0.05) is 24.8 Å². The Hall–Kier alpha value is -2.22. The highest BCUT2D eigenvalue weighted by Gasteiger charge is 2.21. The van der Waals surface area contributed by atoms with Crippen molar-refractivity contribution in [2.24, 2.45) is 0 Å². The first kappa shape index (κ1) is 25.0. The van der Waals surface area contributed by atoms with Gasteiger partial charge in [-0.2, -0.15) is 0 Å². The fraction of sp³-hybridized carbons (Fsp3) is 0.318. The van der Waals surface area contributed by atoms with Gasteiger partial charge in [-0.05, 0) is 37.1 Å². The van der Waals surface area contributed by atoms with Crippen molar-refractivity contribution in [2.45, 2.75) is 32.7 Å². The van der Waals surface area contributed by atoms with Crippen molar-refractivity contribution in [3.05, 3.63) is 58.1 Å². The molecule has 166 valence electrons. The zero-order valence-corrected chi connectivity index (χ0v) is 19.6. The molecule has 2 aromatic rings. The molecule has 0 aliphatic heterocycles. The van der Waals surface area contributed by atoms with Crippen LogP contribution in [0.15, 0.2) is 42.5 Å². The molecule has 2 N–H and O–H groups in total. The van der Waals surface area contributed by atoms with Gasteiger partial charge in [0.2, 0.25) is 5.91 Å². The van der Waals surface area contributed by atoms with Gasteiger partial charge in [0.1, 0.15) is 6.04 Å². The molecular weight excluding hydrogens is 459 g/mol. The van der Waals surface area contributed by atoms with E-state index in [0.717, 1.165) is 23.0 Å². The van der Waals surface area contributed by atoms with Crippen LogP contribution in [0.4, 0.5) is 11.4 Å². The summed E-state index contributed by atoms with van der Waals surface area (Å²) in [7, 11) is 0. The number of halogens is 2. The van der Waals surface area contributed by atoms with Gasteiger partial charge in [0.15, 0.2) is 5.12 Å². The van der Waals surface area contributed by atoms with Crippen LogP contribution in [0.5, 0.6) is 0 Å². The molecule has 0 aromatic heterocycles. The molecule has 0 heterocycles. The van der Waals surface area contributed by atoms with Gasteiger partial charge < -0.3 is 15.4 Å². The monoisotopic (exact) mass is 482 g/mol. The predicted octanol–water partition coefficient (Wildman–Crippen LogP) is 5.00. The van der Waals surface area contributed by atoms with Crippen LogP contribution in [-0.4, -0.2) is 35.4 Å². The maximum Gasteiger partial charge on any atom is 0.328 e. The van der Waals surface area contributed by atoms with Gasteiger partial charge in [-0.15, -0.1) is 0 Å². The van der Waals surface area contributed by atoms with E-state index in [9.17, 15) is 14.4 Å². The summed E-state index contributed by atoms with van der Waals surface area (Å²) in [6.45, 7) is 3.25. The van der Waals surface area contributed by atoms with Crippen molar-refractivity contribution in [3.63, 3.8) is 0 Å². The van der Waals surface area contributed by atoms with Crippen molar-refractivity contribution >= 4 is 63.3 Å². The smallest absolute Gasteiger partial charge is 0.328 e. The zero-order valence-electron chi connectivity index (χ0n) is 17.2. The van der Waals surface area contributed by atoms with E-state index in [1.807, 2.05) is 24.3 Å². The Morgan fingerprint density at radius 1 is 1.06 bits per heavy atom. The maximum atomic E-state index is 12.5. The molecule has 1 atom stereocenters. The fourth-order valence-corrected chi connectivity index (χ4v) is 4.11. The van der Waals surface area contributed by atoms with Crippen molar-refractivity contribution in [1.82, 2.24) is 5.32 Å². The number of esters is 1.